The minimum absolute atomic E-state index is 0.326. The van der Waals surface area contributed by atoms with Gasteiger partial charge in [0.25, 0.3) is 0 Å². The predicted octanol–water partition coefficient (Wildman–Crippen LogP) is 0.0514. The fourth-order valence-corrected chi connectivity index (χ4v) is 0.703. The van der Waals surface area contributed by atoms with Gasteiger partial charge in [-0.1, -0.05) is 0 Å². The zero-order valence-corrected chi connectivity index (χ0v) is 5.26. The molecule has 3 heteroatoms. The molecule has 0 bridgehead atoms. The molecule has 0 unspecified atom stereocenters. The fraction of sp³-hybridized carbons (Fsp3) is 0.500. The maximum Gasteiger partial charge on any atom is 0.355 e. The lowest BCUT2D eigenvalue weighted by atomic mass is 10.4. The Kier molecular flexibility index (Phi) is 1.72. The first kappa shape index (κ1) is 6.13. The zero-order valence-electron chi connectivity index (χ0n) is 5.26. The zero-order chi connectivity index (χ0) is 6.69. The van der Waals surface area contributed by atoms with Crippen molar-refractivity contribution in [2.75, 3.05) is 13.7 Å². The molecule has 0 aromatic carbocycles. The van der Waals surface area contributed by atoms with Gasteiger partial charge in [0.15, 0.2) is 0 Å². The molecule has 0 aromatic heterocycles. The second-order valence-corrected chi connectivity index (χ2v) is 1.75. The Morgan fingerprint density at radius 3 is 3.11 bits per heavy atom. The summed E-state index contributed by atoms with van der Waals surface area (Å²) in [7, 11) is 1.36. The highest BCUT2D eigenvalue weighted by molar-refractivity contribution is 5.87. The first-order chi connectivity index (χ1) is 4.34. The van der Waals surface area contributed by atoms with Crippen molar-refractivity contribution in [3.8, 4) is 0 Å². The second kappa shape index (κ2) is 2.53. The number of methoxy groups -OCH3 is 1. The molecule has 0 fully saturated rings. The van der Waals surface area contributed by atoms with Crippen molar-refractivity contribution in [2.45, 2.75) is 6.42 Å². The summed E-state index contributed by atoms with van der Waals surface area (Å²) in [5.41, 5.74) is 0.470. The lowest BCUT2D eigenvalue weighted by Gasteiger charge is -1.96. The molecule has 0 N–H and O–H groups in total. The third-order valence-corrected chi connectivity index (χ3v) is 1.14. The van der Waals surface area contributed by atoms with Crippen LogP contribution in [0.3, 0.4) is 0 Å². The van der Waals surface area contributed by atoms with Crippen molar-refractivity contribution < 1.29 is 9.53 Å². The minimum Gasteiger partial charge on any atom is -0.464 e. The van der Waals surface area contributed by atoms with Crippen LogP contribution in [-0.2, 0) is 9.53 Å². The Hall–Kier alpha value is -0.990. The quantitative estimate of drug-likeness (QED) is 0.466. The number of ether oxygens (including phenoxy) is 1. The summed E-state index contributed by atoms with van der Waals surface area (Å²) >= 11 is 0. The topological polar surface area (TPSA) is 40.4 Å². The molecule has 1 radical (unpaired) electrons. The van der Waals surface area contributed by atoms with Crippen LogP contribution >= 0.6 is 0 Å². The van der Waals surface area contributed by atoms with Gasteiger partial charge in [-0.2, -0.15) is 0 Å². The van der Waals surface area contributed by atoms with Crippen LogP contribution in [0.5, 0.6) is 0 Å². The molecule has 1 aliphatic rings. The van der Waals surface area contributed by atoms with Gasteiger partial charge in [0.2, 0.25) is 0 Å². The van der Waals surface area contributed by atoms with E-state index in [0.717, 1.165) is 13.0 Å². The molecular weight excluding hydrogens is 118 g/mol. The Morgan fingerprint density at radius 1 is 1.89 bits per heavy atom. The lowest BCUT2D eigenvalue weighted by Crippen LogP contribution is -2.10. The molecule has 3 nitrogen and oxygen atoms in total. The molecule has 0 atom stereocenters. The standard InChI is InChI=1S/C6H8NO2/c1-9-6(8)5-3-2-4-7-5/h3H,2,4H2,1H3. The normalized spacial score (nSPS) is 16.3. The smallest absolute Gasteiger partial charge is 0.355 e. The van der Waals surface area contributed by atoms with E-state index in [1.165, 1.54) is 7.11 Å². The van der Waals surface area contributed by atoms with Gasteiger partial charge in [-0.25, -0.2) is 4.79 Å². The molecule has 0 aliphatic carbocycles. The summed E-state index contributed by atoms with van der Waals surface area (Å²) < 4.78 is 4.43. The van der Waals surface area contributed by atoms with E-state index in [9.17, 15) is 4.79 Å². The number of hydrogen-bond acceptors (Lipinski definition) is 2. The predicted molar refractivity (Wildman–Crippen MR) is 31.7 cm³/mol. The number of carbonyl (C=O) groups excluding carboxylic acids is 1. The van der Waals surface area contributed by atoms with Gasteiger partial charge in [0, 0.05) is 6.54 Å². The third-order valence-electron chi connectivity index (χ3n) is 1.14. The van der Waals surface area contributed by atoms with Gasteiger partial charge in [0.05, 0.1) is 7.11 Å². The summed E-state index contributed by atoms with van der Waals surface area (Å²) in [6.07, 6.45) is 2.65. The van der Waals surface area contributed by atoms with Crippen LogP contribution in [-0.4, -0.2) is 19.6 Å². The molecular formula is C6H8NO2. The molecule has 0 aromatic rings. The number of esters is 1. The van der Waals surface area contributed by atoms with Crippen molar-refractivity contribution in [2.24, 2.45) is 0 Å². The Morgan fingerprint density at radius 2 is 2.67 bits per heavy atom. The molecule has 0 amide bonds. The molecule has 0 saturated carbocycles. The highest BCUT2D eigenvalue weighted by Gasteiger charge is 2.13. The Balaban J connectivity index is 2.51. The SMILES string of the molecule is COC(=O)C1=CCC[N]1. The van der Waals surface area contributed by atoms with Crippen LogP contribution in [0.25, 0.3) is 0 Å². The second-order valence-electron chi connectivity index (χ2n) is 1.75. The van der Waals surface area contributed by atoms with E-state index in [4.69, 9.17) is 0 Å². The van der Waals surface area contributed by atoms with Gasteiger partial charge >= 0.3 is 5.97 Å². The average molecular weight is 126 g/mol. The van der Waals surface area contributed by atoms with E-state index in [2.05, 4.69) is 10.1 Å². The van der Waals surface area contributed by atoms with Gasteiger partial charge < -0.3 is 4.74 Å². The van der Waals surface area contributed by atoms with E-state index in [1.807, 2.05) is 0 Å². The van der Waals surface area contributed by atoms with Crippen LogP contribution in [0.15, 0.2) is 11.8 Å². The minimum atomic E-state index is -0.326. The summed E-state index contributed by atoms with van der Waals surface area (Å²) in [6, 6.07) is 0. The molecule has 1 heterocycles. The largest absolute Gasteiger partial charge is 0.464 e. The molecule has 0 saturated heterocycles. The number of carbonyl (C=O) groups is 1. The van der Waals surface area contributed by atoms with Crippen LogP contribution in [0.4, 0.5) is 0 Å². The fourth-order valence-electron chi connectivity index (χ4n) is 0.703. The first-order valence-corrected chi connectivity index (χ1v) is 2.80. The van der Waals surface area contributed by atoms with E-state index in [0.29, 0.717) is 5.70 Å². The van der Waals surface area contributed by atoms with E-state index in [1.54, 1.807) is 6.08 Å². The van der Waals surface area contributed by atoms with Crippen LogP contribution in [0, 0.1) is 0 Å². The van der Waals surface area contributed by atoms with Crippen molar-refractivity contribution in [3.05, 3.63) is 11.8 Å². The van der Waals surface area contributed by atoms with Gasteiger partial charge in [-0.05, 0) is 12.5 Å². The molecule has 49 valence electrons. The van der Waals surface area contributed by atoms with E-state index in [-0.39, 0.29) is 5.97 Å². The molecule has 0 spiro atoms. The number of nitrogens with zero attached hydrogens (tertiary/aromatic N) is 1. The Bertz CT molecular complexity index is 151. The lowest BCUT2D eigenvalue weighted by molar-refractivity contribution is -0.136. The summed E-state index contributed by atoms with van der Waals surface area (Å²) in [4.78, 5) is 10.6. The summed E-state index contributed by atoms with van der Waals surface area (Å²) in [6.45, 7) is 0.727. The van der Waals surface area contributed by atoms with Crippen molar-refractivity contribution in [1.29, 1.82) is 0 Å². The maximum absolute atomic E-state index is 10.6. The van der Waals surface area contributed by atoms with Crippen LogP contribution in [0.1, 0.15) is 6.42 Å². The summed E-state index contributed by atoms with van der Waals surface area (Å²) in [5, 5.41) is 3.89. The van der Waals surface area contributed by atoms with Crippen LogP contribution < -0.4 is 5.32 Å². The highest BCUT2D eigenvalue weighted by Crippen LogP contribution is 2.03. The molecule has 9 heavy (non-hydrogen) atoms. The number of rotatable bonds is 1. The monoisotopic (exact) mass is 126 g/mol. The molecule has 1 rings (SSSR count). The third kappa shape index (κ3) is 1.22. The van der Waals surface area contributed by atoms with Crippen molar-refractivity contribution in [1.82, 2.24) is 5.32 Å². The first-order valence-electron chi connectivity index (χ1n) is 2.80. The van der Waals surface area contributed by atoms with Crippen LogP contribution in [0.2, 0.25) is 0 Å². The van der Waals surface area contributed by atoms with Crippen molar-refractivity contribution >= 4 is 5.97 Å². The van der Waals surface area contributed by atoms with Gasteiger partial charge in [0.1, 0.15) is 5.70 Å². The van der Waals surface area contributed by atoms with Gasteiger partial charge in [-0.3, -0.25) is 5.32 Å². The maximum atomic E-state index is 10.6. The number of hydrogen-bond donors (Lipinski definition) is 0. The average Bonchev–Trinajstić information content (AvgIpc) is 2.37. The summed E-state index contributed by atoms with van der Waals surface area (Å²) in [5.74, 6) is -0.326. The van der Waals surface area contributed by atoms with Gasteiger partial charge in [-0.15, -0.1) is 0 Å². The van der Waals surface area contributed by atoms with E-state index >= 15 is 0 Å². The highest BCUT2D eigenvalue weighted by atomic mass is 16.5. The van der Waals surface area contributed by atoms with Crippen molar-refractivity contribution in [3.63, 3.8) is 0 Å². The molecule has 1 aliphatic heterocycles. The Labute approximate surface area is 53.7 Å². The van der Waals surface area contributed by atoms with E-state index < -0.39 is 0 Å².